The van der Waals surface area contributed by atoms with Gasteiger partial charge in [-0.15, -0.1) is 0 Å². The maximum Gasteiger partial charge on any atom is 0.175 e. The first kappa shape index (κ1) is 21.8. The molecule has 8 heteroatoms. The number of imidazole rings is 1. The largest absolute Gasteiger partial charge is 0.382 e. The van der Waals surface area contributed by atoms with Crippen LogP contribution in [-0.2, 0) is 19.4 Å². The van der Waals surface area contributed by atoms with Gasteiger partial charge in [-0.3, -0.25) is 0 Å². The number of benzene rings is 1. The van der Waals surface area contributed by atoms with E-state index in [1.165, 1.54) is 45.2 Å². The maximum atomic E-state index is 6.11. The van der Waals surface area contributed by atoms with Crippen LogP contribution in [0, 0.1) is 3.57 Å². The Kier molecular flexibility index (Phi) is 6.55. The third kappa shape index (κ3) is 4.91. The van der Waals surface area contributed by atoms with Crippen molar-refractivity contribution in [1.29, 1.82) is 0 Å². The molecule has 30 heavy (non-hydrogen) atoms. The molecule has 1 aliphatic carbocycles. The van der Waals surface area contributed by atoms with E-state index in [1.807, 2.05) is 0 Å². The van der Waals surface area contributed by atoms with Crippen LogP contribution in [0.3, 0.4) is 0 Å². The van der Waals surface area contributed by atoms with E-state index in [-0.39, 0.29) is 5.54 Å². The predicted octanol–water partition coefficient (Wildman–Crippen LogP) is 4.82. The molecular weight excluding hydrogens is 507 g/mol. The van der Waals surface area contributed by atoms with Gasteiger partial charge in [0.2, 0.25) is 0 Å². The Morgan fingerprint density at radius 2 is 1.93 bits per heavy atom. The fourth-order valence-corrected chi connectivity index (χ4v) is 5.66. The molecule has 0 radical (unpaired) electrons. The lowest BCUT2D eigenvalue weighted by atomic mass is 10.1. The van der Waals surface area contributed by atoms with Gasteiger partial charge in [0.25, 0.3) is 0 Å². The third-order valence-corrected chi connectivity index (χ3v) is 7.65. The van der Waals surface area contributed by atoms with Crippen molar-refractivity contribution >= 4 is 51.3 Å². The number of nitrogens with zero attached hydrogens (tertiary/aromatic N) is 4. The number of aromatic nitrogens is 4. The predicted molar refractivity (Wildman–Crippen MR) is 132 cm³/mol. The second kappa shape index (κ2) is 9.00. The minimum atomic E-state index is 0.147. The zero-order valence-electron chi connectivity index (χ0n) is 17.8. The van der Waals surface area contributed by atoms with Gasteiger partial charge in [0.05, 0.1) is 0 Å². The highest BCUT2D eigenvalue weighted by Crippen LogP contribution is 2.37. The Bertz CT molecular complexity index is 1060. The summed E-state index contributed by atoms with van der Waals surface area (Å²) in [5, 5.41) is 4.50. The van der Waals surface area contributed by atoms with Gasteiger partial charge < -0.3 is 15.6 Å². The fraction of sp³-hybridized carbons (Fsp3) is 0.500. The summed E-state index contributed by atoms with van der Waals surface area (Å²) >= 11 is 4.16. The average Bonchev–Trinajstić information content (AvgIpc) is 3.26. The number of halogens is 1. The summed E-state index contributed by atoms with van der Waals surface area (Å²) < 4.78 is 3.49. The maximum absolute atomic E-state index is 6.11. The van der Waals surface area contributed by atoms with E-state index in [0.717, 1.165) is 36.7 Å². The van der Waals surface area contributed by atoms with E-state index in [4.69, 9.17) is 10.7 Å². The molecule has 0 fully saturated rings. The molecule has 160 valence electrons. The molecule has 0 aliphatic heterocycles. The summed E-state index contributed by atoms with van der Waals surface area (Å²) in [4.78, 5) is 14.7. The summed E-state index contributed by atoms with van der Waals surface area (Å²) in [6.07, 6.45) is 7.31. The number of nitrogens with two attached hydrogens (primary N) is 1. The molecule has 1 aliphatic rings. The first-order valence-corrected chi connectivity index (χ1v) is 12.4. The standard InChI is InChI=1S/C22H29IN6S/c1-22(2,3)27-9-4-5-10-29-20-18(19(24)25-13-26-20)28-21(29)30-17-12-15-8-6-7-14(15)11-16(17)23/h11-13,27H,4-10H2,1-3H3,(H2,24,25,26). The zero-order chi connectivity index (χ0) is 21.3. The number of fused-ring (bicyclic) bond motifs is 2. The highest BCUT2D eigenvalue weighted by atomic mass is 127. The molecule has 0 atom stereocenters. The first-order chi connectivity index (χ1) is 14.3. The number of hydrogen-bond acceptors (Lipinski definition) is 6. The zero-order valence-corrected chi connectivity index (χ0v) is 20.8. The molecule has 3 aromatic rings. The second-order valence-corrected chi connectivity index (χ2v) is 11.0. The molecule has 1 aromatic carbocycles. The number of hydrogen-bond donors (Lipinski definition) is 2. The van der Waals surface area contributed by atoms with Gasteiger partial charge >= 0.3 is 0 Å². The van der Waals surface area contributed by atoms with Gasteiger partial charge in [0.15, 0.2) is 22.1 Å². The molecule has 2 aromatic heterocycles. The van der Waals surface area contributed by atoms with Crippen LogP contribution < -0.4 is 11.1 Å². The third-order valence-electron chi connectivity index (χ3n) is 5.34. The normalized spacial score (nSPS) is 13.9. The Morgan fingerprint density at radius 1 is 1.17 bits per heavy atom. The molecule has 0 amide bonds. The number of aryl methyl sites for hydroxylation is 3. The molecule has 2 heterocycles. The smallest absolute Gasteiger partial charge is 0.175 e. The van der Waals surface area contributed by atoms with E-state index in [9.17, 15) is 0 Å². The van der Waals surface area contributed by atoms with Crippen molar-refractivity contribution in [3.63, 3.8) is 0 Å². The molecule has 4 rings (SSSR count). The Balaban J connectivity index is 1.58. The van der Waals surface area contributed by atoms with E-state index < -0.39 is 0 Å². The van der Waals surface area contributed by atoms with Gasteiger partial charge in [0.1, 0.15) is 6.33 Å². The molecule has 0 saturated heterocycles. The quantitative estimate of drug-likeness (QED) is 0.333. The van der Waals surface area contributed by atoms with Crippen molar-refractivity contribution < 1.29 is 0 Å². The van der Waals surface area contributed by atoms with Gasteiger partial charge in [-0.25, -0.2) is 15.0 Å². The van der Waals surface area contributed by atoms with E-state index >= 15 is 0 Å². The summed E-state index contributed by atoms with van der Waals surface area (Å²) in [6.45, 7) is 8.45. The minimum Gasteiger partial charge on any atom is -0.382 e. The SMILES string of the molecule is CC(C)(C)NCCCCn1c(Sc2cc3c(cc2I)CCC3)nc2c(N)ncnc21. The van der Waals surface area contributed by atoms with E-state index in [2.05, 4.69) is 75.3 Å². The van der Waals surface area contributed by atoms with Gasteiger partial charge in [-0.1, -0.05) is 11.8 Å². The van der Waals surface area contributed by atoms with E-state index in [1.54, 1.807) is 11.8 Å². The van der Waals surface area contributed by atoms with Crippen LogP contribution >= 0.6 is 34.4 Å². The summed E-state index contributed by atoms with van der Waals surface area (Å²) in [5.74, 6) is 0.443. The molecule has 0 unspecified atom stereocenters. The summed E-state index contributed by atoms with van der Waals surface area (Å²) in [5.41, 5.74) is 10.8. The van der Waals surface area contributed by atoms with Crippen LogP contribution in [0.15, 0.2) is 28.5 Å². The lowest BCUT2D eigenvalue weighted by Crippen LogP contribution is -2.36. The number of nitrogens with one attached hydrogen (secondary N) is 1. The average molecular weight is 536 g/mol. The van der Waals surface area contributed by atoms with Gasteiger partial charge in [-0.2, -0.15) is 0 Å². The van der Waals surface area contributed by atoms with Crippen molar-refractivity contribution in [2.24, 2.45) is 0 Å². The van der Waals surface area contributed by atoms with Crippen LogP contribution in [0.2, 0.25) is 0 Å². The number of rotatable bonds is 7. The number of anilines is 1. The van der Waals surface area contributed by atoms with Crippen LogP contribution in [-0.4, -0.2) is 31.6 Å². The van der Waals surface area contributed by atoms with Crippen LogP contribution in [0.4, 0.5) is 5.82 Å². The van der Waals surface area contributed by atoms with E-state index in [0.29, 0.717) is 11.3 Å². The first-order valence-electron chi connectivity index (χ1n) is 10.5. The van der Waals surface area contributed by atoms with Crippen molar-refractivity contribution in [2.45, 2.75) is 75.0 Å². The highest BCUT2D eigenvalue weighted by Gasteiger charge is 2.19. The van der Waals surface area contributed by atoms with Crippen molar-refractivity contribution in [1.82, 2.24) is 24.8 Å². The molecular formula is C22H29IN6S. The lowest BCUT2D eigenvalue weighted by molar-refractivity contribution is 0.413. The van der Waals surface area contributed by atoms with Gasteiger partial charge in [0, 0.05) is 20.5 Å². The highest BCUT2D eigenvalue weighted by molar-refractivity contribution is 14.1. The molecule has 0 spiro atoms. The Labute approximate surface area is 196 Å². The lowest BCUT2D eigenvalue weighted by Gasteiger charge is -2.20. The molecule has 0 saturated carbocycles. The summed E-state index contributed by atoms with van der Waals surface area (Å²) in [7, 11) is 0. The van der Waals surface area contributed by atoms with Crippen molar-refractivity contribution in [3.8, 4) is 0 Å². The number of unbranched alkanes of at least 4 members (excludes halogenated alkanes) is 1. The fourth-order valence-electron chi connectivity index (χ4n) is 3.82. The molecule has 0 bridgehead atoms. The molecule has 6 nitrogen and oxygen atoms in total. The Hall–Kier alpha value is -1.39. The van der Waals surface area contributed by atoms with Crippen LogP contribution in [0.25, 0.3) is 11.2 Å². The number of nitrogen functional groups attached to an aromatic ring is 1. The second-order valence-electron chi connectivity index (χ2n) is 8.87. The monoisotopic (exact) mass is 536 g/mol. The topological polar surface area (TPSA) is 81.7 Å². The van der Waals surface area contributed by atoms with Crippen molar-refractivity contribution in [3.05, 3.63) is 33.2 Å². The van der Waals surface area contributed by atoms with Crippen LogP contribution in [0.1, 0.15) is 51.2 Å². The summed E-state index contributed by atoms with van der Waals surface area (Å²) in [6, 6.07) is 4.69. The molecule has 3 N–H and O–H groups in total. The van der Waals surface area contributed by atoms with Crippen LogP contribution in [0.5, 0.6) is 0 Å². The van der Waals surface area contributed by atoms with Crippen molar-refractivity contribution in [2.75, 3.05) is 12.3 Å². The minimum absolute atomic E-state index is 0.147. The van der Waals surface area contributed by atoms with Gasteiger partial charge in [-0.05, 0) is 105 Å². The Morgan fingerprint density at radius 3 is 2.70 bits per heavy atom.